The van der Waals surface area contributed by atoms with Crippen molar-refractivity contribution in [2.75, 3.05) is 12.3 Å². The molecular formula is C7H8ClN3O. The van der Waals surface area contributed by atoms with Gasteiger partial charge in [-0.15, -0.1) is 0 Å². The molecule has 0 unspecified atom stereocenters. The number of aromatic nitrogens is 2. The number of ether oxygens (including phenoxy) is 1. The molecule has 5 heteroatoms. The van der Waals surface area contributed by atoms with Crippen molar-refractivity contribution in [2.24, 2.45) is 0 Å². The molecule has 0 bridgehead atoms. The Labute approximate surface area is 75.0 Å². The van der Waals surface area contributed by atoms with Gasteiger partial charge in [0.1, 0.15) is 11.6 Å². The monoisotopic (exact) mass is 185 g/mol. The first kappa shape index (κ1) is 8.80. The van der Waals surface area contributed by atoms with E-state index in [1.54, 1.807) is 6.08 Å². The maximum absolute atomic E-state index is 5.69. The van der Waals surface area contributed by atoms with Gasteiger partial charge in [0.2, 0.25) is 11.8 Å². The van der Waals surface area contributed by atoms with Gasteiger partial charge in [-0.25, -0.2) is 4.98 Å². The summed E-state index contributed by atoms with van der Waals surface area (Å²) in [6, 6.07) is 0. The van der Waals surface area contributed by atoms with Crippen molar-refractivity contribution in [1.82, 2.24) is 9.97 Å². The van der Waals surface area contributed by atoms with Gasteiger partial charge in [0.25, 0.3) is 0 Å². The van der Waals surface area contributed by atoms with E-state index < -0.39 is 0 Å². The summed E-state index contributed by atoms with van der Waals surface area (Å²) in [7, 11) is 0. The fraction of sp³-hybridized carbons (Fsp3) is 0.143. The summed E-state index contributed by atoms with van der Waals surface area (Å²) < 4.78 is 5.09. The van der Waals surface area contributed by atoms with Crippen molar-refractivity contribution in [3.05, 3.63) is 23.9 Å². The molecule has 0 fully saturated rings. The van der Waals surface area contributed by atoms with Crippen LogP contribution in [0.5, 0.6) is 5.88 Å². The van der Waals surface area contributed by atoms with E-state index in [2.05, 4.69) is 16.5 Å². The molecule has 4 nitrogen and oxygen atoms in total. The number of nitrogens with zero attached hydrogens (tertiary/aromatic N) is 2. The molecule has 0 atom stereocenters. The SMILES string of the molecule is C=CCOc1nc(N)ncc1Cl. The average molecular weight is 186 g/mol. The minimum Gasteiger partial charge on any atom is -0.472 e. The lowest BCUT2D eigenvalue weighted by molar-refractivity contribution is 0.349. The predicted molar refractivity (Wildman–Crippen MR) is 47.1 cm³/mol. The van der Waals surface area contributed by atoms with E-state index in [4.69, 9.17) is 22.1 Å². The summed E-state index contributed by atoms with van der Waals surface area (Å²) in [6.45, 7) is 3.83. The molecule has 0 saturated heterocycles. The van der Waals surface area contributed by atoms with E-state index in [0.717, 1.165) is 0 Å². The van der Waals surface area contributed by atoms with Crippen LogP contribution in [0.3, 0.4) is 0 Å². The maximum atomic E-state index is 5.69. The summed E-state index contributed by atoms with van der Waals surface area (Å²) in [5.74, 6) is 0.419. The minimum absolute atomic E-state index is 0.137. The number of anilines is 1. The van der Waals surface area contributed by atoms with Crippen LogP contribution in [0.2, 0.25) is 5.02 Å². The van der Waals surface area contributed by atoms with Gasteiger partial charge in [-0.3, -0.25) is 0 Å². The fourth-order valence-electron chi connectivity index (χ4n) is 0.603. The lowest BCUT2D eigenvalue weighted by atomic mass is 10.6. The quantitative estimate of drug-likeness (QED) is 0.721. The van der Waals surface area contributed by atoms with Gasteiger partial charge in [-0.2, -0.15) is 4.98 Å². The summed E-state index contributed by atoms with van der Waals surface area (Å²) in [5, 5.41) is 0.339. The predicted octanol–water partition coefficient (Wildman–Crippen LogP) is 1.28. The molecule has 12 heavy (non-hydrogen) atoms. The lowest BCUT2D eigenvalue weighted by Crippen LogP contribution is -2.00. The van der Waals surface area contributed by atoms with Gasteiger partial charge in [0.15, 0.2) is 0 Å². The Balaban J connectivity index is 2.82. The van der Waals surface area contributed by atoms with E-state index in [9.17, 15) is 0 Å². The Kier molecular flexibility index (Phi) is 2.88. The number of nitrogen functional groups attached to an aromatic ring is 1. The van der Waals surface area contributed by atoms with Crippen LogP contribution >= 0.6 is 11.6 Å². The Bertz CT molecular complexity index is 290. The third-order valence-electron chi connectivity index (χ3n) is 1.07. The molecule has 0 aliphatic carbocycles. The van der Waals surface area contributed by atoms with Crippen LogP contribution < -0.4 is 10.5 Å². The van der Waals surface area contributed by atoms with Crippen LogP contribution in [0.25, 0.3) is 0 Å². The Morgan fingerprint density at radius 2 is 2.50 bits per heavy atom. The zero-order valence-electron chi connectivity index (χ0n) is 6.33. The molecule has 1 heterocycles. The smallest absolute Gasteiger partial charge is 0.237 e. The van der Waals surface area contributed by atoms with Crippen LogP contribution in [-0.2, 0) is 0 Å². The number of rotatable bonds is 3. The van der Waals surface area contributed by atoms with Crippen molar-refractivity contribution in [3.8, 4) is 5.88 Å². The standard InChI is InChI=1S/C7H8ClN3O/c1-2-3-12-6-5(8)4-10-7(9)11-6/h2,4H,1,3H2,(H2,9,10,11). The Hall–Kier alpha value is -1.29. The largest absolute Gasteiger partial charge is 0.472 e. The van der Waals surface area contributed by atoms with Gasteiger partial charge in [-0.05, 0) is 0 Å². The number of nitrogens with two attached hydrogens (primary N) is 1. The van der Waals surface area contributed by atoms with Crippen LogP contribution in [-0.4, -0.2) is 16.6 Å². The number of halogens is 1. The highest BCUT2D eigenvalue weighted by molar-refractivity contribution is 6.31. The lowest BCUT2D eigenvalue weighted by Gasteiger charge is -2.03. The van der Waals surface area contributed by atoms with E-state index in [1.165, 1.54) is 6.20 Å². The molecule has 2 N–H and O–H groups in total. The first-order valence-electron chi connectivity index (χ1n) is 3.25. The van der Waals surface area contributed by atoms with Gasteiger partial charge in [-0.1, -0.05) is 24.3 Å². The maximum Gasteiger partial charge on any atom is 0.237 e. The highest BCUT2D eigenvalue weighted by Gasteiger charge is 2.02. The van der Waals surface area contributed by atoms with Crippen molar-refractivity contribution < 1.29 is 4.74 Å². The molecule has 64 valence electrons. The Morgan fingerprint density at radius 3 is 3.17 bits per heavy atom. The normalized spacial score (nSPS) is 9.42. The van der Waals surface area contributed by atoms with Crippen LogP contribution in [0.1, 0.15) is 0 Å². The molecule has 0 saturated carbocycles. The van der Waals surface area contributed by atoms with E-state index >= 15 is 0 Å². The second kappa shape index (κ2) is 3.92. The summed E-state index contributed by atoms with van der Waals surface area (Å²) in [6.07, 6.45) is 2.98. The van der Waals surface area contributed by atoms with E-state index in [-0.39, 0.29) is 11.8 Å². The van der Waals surface area contributed by atoms with Crippen molar-refractivity contribution in [1.29, 1.82) is 0 Å². The molecule has 0 aliphatic rings. The molecule has 0 aliphatic heterocycles. The summed E-state index contributed by atoms with van der Waals surface area (Å²) >= 11 is 5.69. The molecule has 1 rings (SSSR count). The van der Waals surface area contributed by atoms with Crippen LogP contribution in [0.4, 0.5) is 5.95 Å². The summed E-state index contributed by atoms with van der Waals surface area (Å²) in [5.41, 5.74) is 5.31. The topological polar surface area (TPSA) is 61.0 Å². The first-order chi connectivity index (χ1) is 5.74. The third kappa shape index (κ3) is 2.10. The van der Waals surface area contributed by atoms with Gasteiger partial charge in [0.05, 0.1) is 6.20 Å². The highest BCUT2D eigenvalue weighted by Crippen LogP contribution is 2.20. The molecular weight excluding hydrogens is 178 g/mol. The molecule has 1 aromatic rings. The fourth-order valence-corrected chi connectivity index (χ4v) is 0.749. The molecule has 0 radical (unpaired) electrons. The highest BCUT2D eigenvalue weighted by atomic mass is 35.5. The molecule has 0 spiro atoms. The van der Waals surface area contributed by atoms with Crippen LogP contribution in [0.15, 0.2) is 18.9 Å². The first-order valence-corrected chi connectivity index (χ1v) is 3.63. The van der Waals surface area contributed by atoms with Crippen molar-refractivity contribution >= 4 is 17.5 Å². The number of hydrogen-bond acceptors (Lipinski definition) is 4. The van der Waals surface area contributed by atoms with E-state index in [0.29, 0.717) is 11.6 Å². The van der Waals surface area contributed by atoms with Crippen LogP contribution in [0, 0.1) is 0 Å². The Morgan fingerprint density at radius 1 is 1.75 bits per heavy atom. The van der Waals surface area contributed by atoms with Gasteiger partial charge in [0, 0.05) is 0 Å². The number of hydrogen-bond donors (Lipinski definition) is 1. The molecule has 0 amide bonds. The second-order valence-electron chi connectivity index (χ2n) is 1.98. The zero-order valence-corrected chi connectivity index (χ0v) is 7.08. The summed E-state index contributed by atoms with van der Waals surface area (Å²) in [4.78, 5) is 7.45. The van der Waals surface area contributed by atoms with Crippen molar-refractivity contribution in [2.45, 2.75) is 0 Å². The average Bonchev–Trinajstić information content (AvgIpc) is 2.07. The molecule has 0 aromatic carbocycles. The second-order valence-corrected chi connectivity index (χ2v) is 2.39. The van der Waals surface area contributed by atoms with Gasteiger partial charge >= 0.3 is 0 Å². The molecule has 1 aromatic heterocycles. The van der Waals surface area contributed by atoms with E-state index in [1.807, 2.05) is 0 Å². The third-order valence-corrected chi connectivity index (χ3v) is 1.33. The zero-order chi connectivity index (χ0) is 8.97. The van der Waals surface area contributed by atoms with Gasteiger partial charge < -0.3 is 10.5 Å². The van der Waals surface area contributed by atoms with Crippen molar-refractivity contribution in [3.63, 3.8) is 0 Å². The minimum atomic E-state index is 0.137.